The van der Waals surface area contributed by atoms with Crippen LogP contribution < -0.4 is 21.0 Å². The molecule has 76 heavy (non-hydrogen) atoms. The number of imidazole rings is 1. The van der Waals surface area contributed by atoms with Crippen LogP contribution in [0.15, 0.2) is 267 Å². The standard InChI is InChI=1S/C67H44N8Si/c1-7-23-45(24-8-1)53-41-39-51(43-55(53)65-71-61(47-27-11-3-12-28-47)69-62(72-65)48-29-13-4-14-30-48)76(60-38-22-21-37-59(60)75-58-36-20-19-35-57(58)68-67(75)76)52-40-42-54(46-25-9-2-10-26-46)56(44-52)66-73-63(49-31-15-5-16-32-49)70-64(74-66)50-33-17-6-18-34-50/h1-44H. The summed E-state index contributed by atoms with van der Waals surface area (Å²) in [4.78, 5) is 37.5. The first kappa shape index (κ1) is 44.6. The minimum absolute atomic E-state index is 0.574. The topological polar surface area (TPSA) is 95.2 Å². The van der Waals surface area contributed by atoms with Gasteiger partial charge in [0.2, 0.25) is 8.07 Å². The van der Waals surface area contributed by atoms with E-state index in [0.29, 0.717) is 34.9 Å². The maximum Gasteiger partial charge on any atom is 0.226 e. The lowest BCUT2D eigenvalue weighted by Gasteiger charge is -2.30. The van der Waals surface area contributed by atoms with E-state index in [9.17, 15) is 0 Å². The summed E-state index contributed by atoms with van der Waals surface area (Å²) in [5.74, 6) is 3.53. The molecular weight excluding hydrogens is 945 g/mol. The Hall–Kier alpha value is -10.1. The van der Waals surface area contributed by atoms with Gasteiger partial charge in [0, 0.05) is 39.1 Å². The average molecular weight is 989 g/mol. The minimum atomic E-state index is -3.49. The number of hydrogen-bond acceptors (Lipinski definition) is 7. The van der Waals surface area contributed by atoms with Gasteiger partial charge >= 0.3 is 0 Å². The number of para-hydroxylation sites is 3. The molecule has 0 fully saturated rings. The van der Waals surface area contributed by atoms with Crippen LogP contribution in [-0.4, -0.2) is 47.5 Å². The second-order valence-electron chi connectivity index (χ2n) is 18.9. The van der Waals surface area contributed by atoms with Crippen LogP contribution in [0.4, 0.5) is 0 Å². The molecule has 4 heterocycles. The summed E-state index contributed by atoms with van der Waals surface area (Å²) in [5, 5.41) is 3.46. The van der Waals surface area contributed by atoms with Crippen molar-refractivity contribution >= 4 is 40.1 Å². The summed E-state index contributed by atoms with van der Waals surface area (Å²) >= 11 is 0. The van der Waals surface area contributed by atoms with Gasteiger partial charge in [0.25, 0.3) is 0 Å². The van der Waals surface area contributed by atoms with Gasteiger partial charge in [-0.1, -0.05) is 249 Å². The number of nitrogens with zero attached hydrogens (tertiary/aromatic N) is 8. The van der Waals surface area contributed by atoms with Crippen LogP contribution in [0, 0.1) is 0 Å². The molecule has 0 saturated heterocycles. The van der Waals surface area contributed by atoms with Crippen LogP contribution in [0.3, 0.4) is 0 Å². The molecule has 0 saturated carbocycles. The van der Waals surface area contributed by atoms with E-state index in [1.54, 1.807) is 0 Å². The summed E-state index contributed by atoms with van der Waals surface area (Å²) in [7, 11) is -3.49. The molecule has 14 rings (SSSR count). The smallest absolute Gasteiger partial charge is 0.226 e. The van der Waals surface area contributed by atoms with E-state index in [1.165, 1.54) is 5.19 Å². The Morgan fingerprint density at radius 2 is 0.605 bits per heavy atom. The van der Waals surface area contributed by atoms with E-state index in [-0.39, 0.29) is 0 Å². The summed E-state index contributed by atoms with van der Waals surface area (Å²) in [6.45, 7) is 0. The number of hydrogen-bond donors (Lipinski definition) is 0. The van der Waals surface area contributed by atoms with Gasteiger partial charge in [-0.15, -0.1) is 0 Å². The van der Waals surface area contributed by atoms with Gasteiger partial charge in [0.05, 0.1) is 11.0 Å². The van der Waals surface area contributed by atoms with Crippen molar-refractivity contribution in [2.24, 2.45) is 0 Å². The maximum absolute atomic E-state index is 5.74. The summed E-state index contributed by atoms with van der Waals surface area (Å²) in [5.41, 5.74) is 13.6. The third-order valence-electron chi connectivity index (χ3n) is 14.4. The largest absolute Gasteiger partial charge is 0.299 e. The Morgan fingerprint density at radius 3 is 1.03 bits per heavy atom. The van der Waals surface area contributed by atoms with Gasteiger partial charge in [0.15, 0.2) is 34.9 Å². The minimum Gasteiger partial charge on any atom is -0.299 e. The normalized spacial score (nSPS) is 12.3. The van der Waals surface area contributed by atoms with Crippen LogP contribution >= 0.6 is 0 Å². The lowest BCUT2D eigenvalue weighted by molar-refractivity contribution is 1.07. The first-order chi connectivity index (χ1) is 37.7. The molecule has 8 nitrogen and oxygen atoms in total. The lowest BCUT2D eigenvalue weighted by atomic mass is 9.99. The van der Waals surface area contributed by atoms with Crippen molar-refractivity contribution < 1.29 is 0 Å². The lowest BCUT2D eigenvalue weighted by Crippen LogP contribution is -2.73. The van der Waals surface area contributed by atoms with Crippen LogP contribution in [0.25, 0.3) is 107 Å². The highest BCUT2D eigenvalue weighted by atomic mass is 28.3. The van der Waals surface area contributed by atoms with E-state index in [2.05, 4.69) is 199 Å². The Labute approximate surface area is 440 Å². The Morgan fingerprint density at radius 1 is 0.263 bits per heavy atom. The zero-order chi connectivity index (χ0) is 50.4. The summed E-state index contributed by atoms with van der Waals surface area (Å²) in [6, 6.07) is 93.0. The molecule has 10 aromatic carbocycles. The van der Waals surface area contributed by atoms with Gasteiger partial charge in [-0.05, 0) is 56.0 Å². The Balaban J connectivity index is 1.09. The number of rotatable bonds is 10. The van der Waals surface area contributed by atoms with Crippen molar-refractivity contribution in [3.8, 4) is 96.3 Å². The molecule has 0 amide bonds. The van der Waals surface area contributed by atoms with E-state index >= 15 is 0 Å². The molecule has 0 spiro atoms. The van der Waals surface area contributed by atoms with Crippen LogP contribution in [0.1, 0.15) is 0 Å². The molecule has 0 unspecified atom stereocenters. The molecule has 9 heteroatoms. The molecule has 356 valence electrons. The monoisotopic (exact) mass is 988 g/mol. The SMILES string of the molecule is c1ccc(-c2nc(-c3ccccc3)nc(-c3cc([Si]4(c5ccc(-c6ccccc6)c(-c6nc(-c7ccccc7)nc(-c7ccccc7)n6)c5)c5ccccc5-n5c4nc4ccccc45)ccc3-c3ccccc3)n2)cc1. The van der Waals surface area contributed by atoms with E-state index < -0.39 is 8.07 Å². The van der Waals surface area contributed by atoms with Crippen LogP contribution in [-0.2, 0) is 0 Å². The van der Waals surface area contributed by atoms with Gasteiger partial charge in [0.1, 0.15) is 5.45 Å². The number of fused-ring (bicyclic) bond motifs is 5. The van der Waals surface area contributed by atoms with E-state index in [0.717, 1.165) is 88.2 Å². The van der Waals surface area contributed by atoms with Crippen molar-refractivity contribution in [3.63, 3.8) is 0 Å². The second kappa shape index (κ2) is 18.7. The third kappa shape index (κ3) is 7.64. The maximum atomic E-state index is 5.74. The fourth-order valence-electron chi connectivity index (χ4n) is 10.9. The predicted molar refractivity (Wildman–Crippen MR) is 309 cm³/mol. The first-order valence-electron chi connectivity index (χ1n) is 25.4. The highest BCUT2D eigenvalue weighted by Gasteiger charge is 2.52. The third-order valence-corrected chi connectivity index (χ3v) is 19.0. The van der Waals surface area contributed by atoms with Crippen molar-refractivity contribution in [1.82, 2.24) is 39.5 Å². The van der Waals surface area contributed by atoms with Crippen molar-refractivity contribution in [2.45, 2.75) is 0 Å². The van der Waals surface area contributed by atoms with Crippen LogP contribution in [0.5, 0.6) is 0 Å². The predicted octanol–water partition coefficient (Wildman–Crippen LogP) is 12.4. The molecule has 1 aliphatic rings. The van der Waals surface area contributed by atoms with Gasteiger partial charge < -0.3 is 0 Å². The summed E-state index contributed by atoms with van der Waals surface area (Å²) < 4.78 is 2.40. The molecular formula is C67H44N8Si. The van der Waals surface area contributed by atoms with Gasteiger partial charge in [-0.3, -0.25) is 4.57 Å². The van der Waals surface area contributed by atoms with Crippen molar-refractivity contribution in [1.29, 1.82) is 0 Å². The Kier molecular flexibility index (Phi) is 11.0. The zero-order valence-corrected chi connectivity index (χ0v) is 42.0. The van der Waals surface area contributed by atoms with Crippen LogP contribution in [0.2, 0.25) is 0 Å². The second-order valence-corrected chi connectivity index (χ2v) is 22.5. The Bertz CT molecular complexity index is 3940. The van der Waals surface area contributed by atoms with Crippen molar-refractivity contribution in [2.75, 3.05) is 0 Å². The molecule has 0 radical (unpaired) electrons. The molecule has 0 N–H and O–H groups in total. The first-order valence-corrected chi connectivity index (χ1v) is 27.4. The molecule has 3 aromatic heterocycles. The fourth-order valence-corrected chi connectivity index (χ4v) is 15.8. The molecule has 0 atom stereocenters. The molecule has 0 bridgehead atoms. The van der Waals surface area contributed by atoms with Gasteiger partial charge in [-0.2, -0.15) is 0 Å². The fraction of sp³-hybridized carbons (Fsp3) is 0. The zero-order valence-electron chi connectivity index (χ0n) is 41.0. The summed E-state index contributed by atoms with van der Waals surface area (Å²) in [6.07, 6.45) is 0. The highest BCUT2D eigenvalue weighted by molar-refractivity contribution is 7.20. The molecule has 0 aliphatic carbocycles. The highest BCUT2D eigenvalue weighted by Crippen LogP contribution is 2.37. The number of benzene rings is 10. The average Bonchev–Trinajstić information content (AvgIpc) is 4.23. The molecule has 1 aliphatic heterocycles. The van der Waals surface area contributed by atoms with E-state index in [4.69, 9.17) is 34.9 Å². The quantitative estimate of drug-likeness (QED) is 0.126. The van der Waals surface area contributed by atoms with Gasteiger partial charge in [-0.25, -0.2) is 34.9 Å². The number of aromatic nitrogens is 8. The van der Waals surface area contributed by atoms with E-state index in [1.807, 2.05) is 72.8 Å². The van der Waals surface area contributed by atoms with Crippen molar-refractivity contribution in [3.05, 3.63) is 267 Å². The molecule has 13 aromatic rings.